The number of carboxylic acids is 1. The third-order valence-corrected chi connectivity index (χ3v) is 6.24. The molecule has 2 heterocycles. The standard InChI is InChI=1S/C21H19Cl2N3O2/c1-12-13(10-19(27)28)7-8-26(12)21-20-15(3-2-4-18(20)24-11-25-21)14-5-6-16(22)17(23)9-14/h2-6,9,11-13H,7-8,10H2,1H3,(H,27,28). The number of benzene rings is 2. The van der Waals surface area contributed by atoms with Crippen LogP contribution in [0.25, 0.3) is 22.0 Å². The van der Waals surface area contributed by atoms with Gasteiger partial charge in [-0.15, -0.1) is 0 Å². The Morgan fingerprint density at radius 3 is 2.79 bits per heavy atom. The van der Waals surface area contributed by atoms with Crippen molar-refractivity contribution < 1.29 is 9.90 Å². The van der Waals surface area contributed by atoms with Crippen molar-refractivity contribution in [1.82, 2.24) is 9.97 Å². The lowest BCUT2D eigenvalue weighted by molar-refractivity contribution is -0.138. The van der Waals surface area contributed by atoms with Gasteiger partial charge in [-0.25, -0.2) is 9.97 Å². The van der Waals surface area contributed by atoms with Gasteiger partial charge >= 0.3 is 5.97 Å². The average molecular weight is 416 g/mol. The minimum Gasteiger partial charge on any atom is -0.481 e. The lowest BCUT2D eigenvalue weighted by Crippen LogP contribution is -2.31. The molecule has 0 aliphatic carbocycles. The lowest BCUT2D eigenvalue weighted by Gasteiger charge is -2.27. The summed E-state index contributed by atoms with van der Waals surface area (Å²) >= 11 is 12.3. The van der Waals surface area contributed by atoms with Crippen LogP contribution in [0.5, 0.6) is 0 Å². The molecule has 1 fully saturated rings. The predicted molar refractivity (Wildman–Crippen MR) is 112 cm³/mol. The van der Waals surface area contributed by atoms with Crippen LogP contribution in [0.15, 0.2) is 42.7 Å². The molecule has 1 aliphatic heterocycles. The van der Waals surface area contributed by atoms with E-state index in [9.17, 15) is 9.90 Å². The van der Waals surface area contributed by atoms with Crippen LogP contribution >= 0.6 is 23.2 Å². The van der Waals surface area contributed by atoms with Crippen LogP contribution in [0.3, 0.4) is 0 Å². The van der Waals surface area contributed by atoms with Crippen molar-refractivity contribution in [3.8, 4) is 11.1 Å². The summed E-state index contributed by atoms with van der Waals surface area (Å²) in [6, 6.07) is 11.6. The maximum atomic E-state index is 11.2. The zero-order valence-electron chi connectivity index (χ0n) is 15.3. The molecule has 2 aromatic carbocycles. The Morgan fingerprint density at radius 2 is 2.04 bits per heavy atom. The Kier molecular flexibility index (Phi) is 5.13. The van der Waals surface area contributed by atoms with Gasteiger partial charge in [-0.05, 0) is 48.6 Å². The van der Waals surface area contributed by atoms with Crippen LogP contribution in [-0.2, 0) is 4.79 Å². The van der Waals surface area contributed by atoms with Gasteiger partial charge in [0.05, 0.1) is 27.4 Å². The summed E-state index contributed by atoms with van der Waals surface area (Å²) < 4.78 is 0. The summed E-state index contributed by atoms with van der Waals surface area (Å²) in [6.45, 7) is 2.83. The van der Waals surface area contributed by atoms with Crippen LogP contribution in [0.4, 0.5) is 5.82 Å². The zero-order valence-corrected chi connectivity index (χ0v) is 16.8. The monoisotopic (exact) mass is 415 g/mol. The van der Waals surface area contributed by atoms with Crippen molar-refractivity contribution in [2.24, 2.45) is 5.92 Å². The van der Waals surface area contributed by atoms with E-state index in [1.54, 1.807) is 12.4 Å². The fourth-order valence-corrected chi connectivity index (χ4v) is 4.31. The molecule has 0 saturated carbocycles. The fourth-order valence-electron chi connectivity index (χ4n) is 4.01. The molecule has 1 aliphatic rings. The highest BCUT2D eigenvalue weighted by Crippen LogP contribution is 2.39. The SMILES string of the molecule is CC1C(CC(=O)O)CCN1c1ncnc2cccc(-c3ccc(Cl)c(Cl)c3)c12. The zero-order chi connectivity index (χ0) is 19.8. The third kappa shape index (κ3) is 3.40. The van der Waals surface area contributed by atoms with Crippen LogP contribution in [-0.4, -0.2) is 33.6 Å². The first-order chi connectivity index (χ1) is 13.5. The maximum Gasteiger partial charge on any atom is 0.303 e. The van der Waals surface area contributed by atoms with Gasteiger partial charge in [-0.1, -0.05) is 41.4 Å². The van der Waals surface area contributed by atoms with E-state index >= 15 is 0 Å². The largest absolute Gasteiger partial charge is 0.481 e. The van der Waals surface area contributed by atoms with Crippen LogP contribution < -0.4 is 4.90 Å². The Labute approximate surface area is 172 Å². The number of carboxylic acid groups (broad SMARTS) is 1. The van der Waals surface area contributed by atoms with Gasteiger partial charge in [0.25, 0.3) is 0 Å². The molecule has 0 bridgehead atoms. The number of hydrogen-bond donors (Lipinski definition) is 1. The maximum absolute atomic E-state index is 11.2. The van der Waals surface area contributed by atoms with Gasteiger partial charge in [0, 0.05) is 12.6 Å². The number of aromatic nitrogens is 2. The summed E-state index contributed by atoms with van der Waals surface area (Å²) in [5.41, 5.74) is 2.74. The number of hydrogen-bond acceptors (Lipinski definition) is 4. The molecule has 3 aromatic rings. The Morgan fingerprint density at radius 1 is 1.21 bits per heavy atom. The van der Waals surface area contributed by atoms with E-state index in [1.165, 1.54) is 0 Å². The molecule has 0 spiro atoms. The second-order valence-corrected chi connectivity index (χ2v) is 7.92. The molecule has 1 saturated heterocycles. The van der Waals surface area contributed by atoms with E-state index in [1.807, 2.05) is 30.3 Å². The summed E-state index contributed by atoms with van der Waals surface area (Å²) in [5.74, 6) is 0.162. The number of nitrogens with zero attached hydrogens (tertiary/aromatic N) is 3. The van der Waals surface area contributed by atoms with E-state index in [-0.39, 0.29) is 18.4 Å². The van der Waals surface area contributed by atoms with E-state index in [0.717, 1.165) is 40.8 Å². The van der Waals surface area contributed by atoms with Crippen molar-refractivity contribution in [2.45, 2.75) is 25.8 Å². The predicted octanol–water partition coefficient (Wildman–Crippen LogP) is 5.29. The van der Waals surface area contributed by atoms with Crippen LogP contribution in [0, 0.1) is 5.92 Å². The minimum absolute atomic E-state index is 0.0797. The first-order valence-corrected chi connectivity index (χ1v) is 9.89. The van der Waals surface area contributed by atoms with Gasteiger partial charge in [-0.3, -0.25) is 4.79 Å². The molecule has 0 amide bonds. The van der Waals surface area contributed by atoms with Gasteiger partial charge in [0.2, 0.25) is 0 Å². The van der Waals surface area contributed by atoms with Gasteiger partial charge in [-0.2, -0.15) is 0 Å². The Bertz CT molecular complexity index is 1050. The number of halogens is 2. The average Bonchev–Trinajstić information content (AvgIpc) is 3.03. The van der Waals surface area contributed by atoms with E-state index in [4.69, 9.17) is 23.2 Å². The topological polar surface area (TPSA) is 66.3 Å². The summed E-state index contributed by atoms with van der Waals surface area (Å²) in [5, 5.41) is 11.1. The normalized spacial score (nSPS) is 19.3. The van der Waals surface area contributed by atoms with Crippen molar-refractivity contribution in [2.75, 3.05) is 11.4 Å². The summed E-state index contributed by atoms with van der Waals surface area (Å²) in [7, 11) is 0. The minimum atomic E-state index is -0.761. The molecule has 1 N–H and O–H groups in total. The van der Waals surface area contributed by atoms with E-state index < -0.39 is 5.97 Å². The molecular weight excluding hydrogens is 397 g/mol. The first-order valence-electron chi connectivity index (χ1n) is 9.13. The smallest absolute Gasteiger partial charge is 0.303 e. The highest BCUT2D eigenvalue weighted by molar-refractivity contribution is 6.42. The molecule has 144 valence electrons. The second-order valence-electron chi connectivity index (χ2n) is 7.11. The fraction of sp³-hybridized carbons (Fsp3) is 0.286. The molecule has 4 rings (SSSR count). The van der Waals surface area contributed by atoms with Crippen molar-refractivity contribution >= 4 is 45.9 Å². The number of anilines is 1. The van der Waals surface area contributed by atoms with E-state index in [2.05, 4.69) is 21.8 Å². The molecule has 2 atom stereocenters. The molecular formula is C21H19Cl2N3O2. The van der Waals surface area contributed by atoms with Gasteiger partial charge < -0.3 is 10.0 Å². The highest BCUT2D eigenvalue weighted by atomic mass is 35.5. The second kappa shape index (κ2) is 7.57. The number of fused-ring (bicyclic) bond motifs is 1. The number of rotatable bonds is 4. The quantitative estimate of drug-likeness (QED) is 0.626. The van der Waals surface area contributed by atoms with Crippen molar-refractivity contribution in [3.05, 3.63) is 52.8 Å². The van der Waals surface area contributed by atoms with Crippen LogP contribution in [0.1, 0.15) is 19.8 Å². The summed E-state index contributed by atoms with van der Waals surface area (Å²) in [6.07, 6.45) is 2.56. The molecule has 1 aromatic heterocycles. The first kappa shape index (κ1) is 19.0. The molecule has 5 nitrogen and oxygen atoms in total. The molecule has 7 heteroatoms. The molecule has 2 unspecified atom stereocenters. The highest BCUT2D eigenvalue weighted by Gasteiger charge is 2.34. The molecule has 28 heavy (non-hydrogen) atoms. The third-order valence-electron chi connectivity index (χ3n) is 5.50. The summed E-state index contributed by atoms with van der Waals surface area (Å²) in [4.78, 5) is 22.4. The Hall–Kier alpha value is -2.37. The number of aliphatic carboxylic acids is 1. The van der Waals surface area contributed by atoms with Crippen molar-refractivity contribution in [3.63, 3.8) is 0 Å². The Balaban J connectivity index is 1.84. The van der Waals surface area contributed by atoms with Gasteiger partial charge in [0.1, 0.15) is 12.1 Å². The van der Waals surface area contributed by atoms with E-state index in [0.29, 0.717) is 10.0 Å². The van der Waals surface area contributed by atoms with Gasteiger partial charge in [0.15, 0.2) is 0 Å². The van der Waals surface area contributed by atoms with Crippen LogP contribution in [0.2, 0.25) is 10.0 Å². The molecule has 0 radical (unpaired) electrons. The number of carbonyl (C=O) groups is 1. The lowest BCUT2D eigenvalue weighted by atomic mass is 9.97. The van der Waals surface area contributed by atoms with Crippen molar-refractivity contribution in [1.29, 1.82) is 0 Å².